The lowest BCUT2D eigenvalue weighted by Crippen LogP contribution is -2.47. The molecule has 9 heteroatoms. The van der Waals surface area contributed by atoms with Gasteiger partial charge in [-0.1, -0.05) is 30.7 Å². The van der Waals surface area contributed by atoms with E-state index in [-0.39, 0.29) is 17.9 Å². The second kappa shape index (κ2) is 9.70. The number of anilines is 2. The third-order valence-electron chi connectivity index (χ3n) is 4.33. The van der Waals surface area contributed by atoms with Crippen LogP contribution in [0.3, 0.4) is 0 Å². The predicted molar refractivity (Wildman–Crippen MR) is 125 cm³/mol. The lowest BCUT2D eigenvalue weighted by molar-refractivity contribution is -0.117. The van der Waals surface area contributed by atoms with Crippen molar-refractivity contribution in [3.63, 3.8) is 0 Å². The Morgan fingerprint density at radius 3 is 2.16 bits per heavy atom. The zero-order chi connectivity index (χ0) is 23.4. The van der Waals surface area contributed by atoms with Gasteiger partial charge in [0.05, 0.1) is 23.2 Å². The smallest absolute Gasteiger partial charge is 0.253 e. The van der Waals surface area contributed by atoms with Crippen molar-refractivity contribution in [2.45, 2.75) is 45.7 Å². The Labute approximate surface area is 188 Å². The molecule has 0 bridgehead atoms. The molecular formula is C22H28ClN3O4S. The average Bonchev–Trinajstić information content (AvgIpc) is 2.65. The van der Waals surface area contributed by atoms with Gasteiger partial charge in [0.15, 0.2) is 0 Å². The van der Waals surface area contributed by atoms with Crippen LogP contribution in [-0.4, -0.2) is 38.1 Å². The Morgan fingerprint density at radius 2 is 1.65 bits per heavy atom. The van der Waals surface area contributed by atoms with Crippen LogP contribution in [0.25, 0.3) is 0 Å². The molecule has 0 saturated heterocycles. The van der Waals surface area contributed by atoms with Crippen LogP contribution in [0.4, 0.5) is 11.4 Å². The fourth-order valence-electron chi connectivity index (χ4n) is 3.06. The number of sulfonamides is 1. The normalized spacial score (nSPS) is 12.7. The molecule has 0 aliphatic rings. The maximum absolute atomic E-state index is 13.2. The molecule has 0 fully saturated rings. The SMILES string of the molecule is CC[C@H](C(=O)Nc1ccccc1C(=O)NC(C)(C)C)N(c1ccc(Cl)cc1)S(C)(=O)=O. The topological polar surface area (TPSA) is 95.6 Å². The molecule has 2 rings (SSSR count). The third kappa shape index (κ3) is 6.70. The third-order valence-corrected chi connectivity index (χ3v) is 5.76. The van der Waals surface area contributed by atoms with Crippen molar-refractivity contribution in [1.29, 1.82) is 0 Å². The van der Waals surface area contributed by atoms with Gasteiger partial charge in [-0.25, -0.2) is 8.42 Å². The number of hydrogen-bond donors (Lipinski definition) is 2. The van der Waals surface area contributed by atoms with Gasteiger partial charge in [-0.15, -0.1) is 0 Å². The fourth-order valence-corrected chi connectivity index (χ4v) is 4.40. The Morgan fingerprint density at radius 1 is 1.06 bits per heavy atom. The molecule has 168 valence electrons. The first-order chi connectivity index (χ1) is 14.3. The summed E-state index contributed by atoms with van der Waals surface area (Å²) in [5.74, 6) is -0.881. The minimum Gasteiger partial charge on any atom is -0.347 e. The van der Waals surface area contributed by atoms with Crippen LogP contribution in [0.15, 0.2) is 48.5 Å². The highest BCUT2D eigenvalue weighted by Gasteiger charge is 2.32. The van der Waals surface area contributed by atoms with E-state index >= 15 is 0 Å². The Kier molecular flexibility index (Phi) is 7.72. The van der Waals surface area contributed by atoms with Crippen molar-refractivity contribution in [3.05, 3.63) is 59.1 Å². The van der Waals surface area contributed by atoms with Gasteiger partial charge in [-0.05, 0) is 63.6 Å². The minimum absolute atomic E-state index is 0.220. The van der Waals surface area contributed by atoms with Gasteiger partial charge < -0.3 is 10.6 Å². The summed E-state index contributed by atoms with van der Waals surface area (Å²) in [7, 11) is -3.78. The minimum atomic E-state index is -3.78. The van der Waals surface area contributed by atoms with Crippen LogP contribution in [-0.2, 0) is 14.8 Å². The Bertz CT molecular complexity index is 1050. The number of amides is 2. The molecule has 0 spiro atoms. The molecule has 2 amide bonds. The number of benzene rings is 2. The number of halogens is 1. The van der Waals surface area contributed by atoms with Crippen LogP contribution in [0, 0.1) is 0 Å². The predicted octanol–water partition coefficient (Wildman–Crippen LogP) is 4.05. The number of nitrogens with zero attached hydrogens (tertiary/aromatic N) is 1. The number of carbonyl (C=O) groups excluding carboxylic acids is 2. The molecule has 0 heterocycles. The molecule has 2 aromatic carbocycles. The lowest BCUT2D eigenvalue weighted by atomic mass is 10.1. The first-order valence-corrected chi connectivity index (χ1v) is 12.0. The van der Waals surface area contributed by atoms with E-state index in [1.807, 2.05) is 20.8 Å². The van der Waals surface area contributed by atoms with Gasteiger partial charge >= 0.3 is 0 Å². The quantitative estimate of drug-likeness (QED) is 0.644. The molecule has 2 aromatic rings. The van der Waals surface area contributed by atoms with Gasteiger partial charge in [0.2, 0.25) is 15.9 Å². The van der Waals surface area contributed by atoms with Crippen molar-refractivity contribution >= 4 is 44.8 Å². The Hall–Kier alpha value is -2.58. The molecule has 1 atom stereocenters. The van der Waals surface area contributed by atoms with Gasteiger partial charge in [0.25, 0.3) is 5.91 Å². The molecular weight excluding hydrogens is 438 g/mol. The number of hydrogen-bond acceptors (Lipinski definition) is 4. The summed E-state index contributed by atoms with van der Waals surface area (Å²) >= 11 is 5.92. The molecule has 2 N–H and O–H groups in total. The van der Waals surface area contributed by atoms with E-state index in [2.05, 4.69) is 10.6 Å². The average molecular weight is 466 g/mol. The molecule has 0 radical (unpaired) electrons. The fraction of sp³-hybridized carbons (Fsp3) is 0.364. The second-order valence-electron chi connectivity index (χ2n) is 8.20. The molecule has 0 aliphatic heterocycles. The van der Waals surface area contributed by atoms with Crippen LogP contribution >= 0.6 is 11.6 Å². The largest absolute Gasteiger partial charge is 0.347 e. The van der Waals surface area contributed by atoms with E-state index < -0.39 is 27.5 Å². The van der Waals surface area contributed by atoms with E-state index in [9.17, 15) is 18.0 Å². The summed E-state index contributed by atoms with van der Waals surface area (Å²) in [5.41, 5.74) is 0.463. The van der Waals surface area contributed by atoms with Gasteiger partial charge in [-0.2, -0.15) is 0 Å². The first-order valence-electron chi connectivity index (χ1n) is 9.81. The second-order valence-corrected chi connectivity index (χ2v) is 10.5. The van der Waals surface area contributed by atoms with Crippen LogP contribution in [0.5, 0.6) is 0 Å². The highest BCUT2D eigenvalue weighted by molar-refractivity contribution is 7.92. The van der Waals surface area contributed by atoms with Crippen molar-refractivity contribution in [3.8, 4) is 0 Å². The Balaban J connectivity index is 2.38. The standard InChI is InChI=1S/C22H28ClN3O4S/c1-6-19(26(31(5,29)30)16-13-11-15(23)12-14-16)21(28)24-18-10-8-7-9-17(18)20(27)25-22(2,3)4/h7-14,19H,6H2,1-5H3,(H,24,28)(H,25,27)/t19-/m1/s1. The van der Waals surface area contributed by atoms with E-state index in [0.717, 1.165) is 10.6 Å². The molecule has 31 heavy (non-hydrogen) atoms. The van der Waals surface area contributed by atoms with E-state index in [1.54, 1.807) is 55.5 Å². The molecule has 7 nitrogen and oxygen atoms in total. The number of rotatable bonds is 7. The van der Waals surface area contributed by atoms with Crippen molar-refractivity contribution in [1.82, 2.24) is 5.32 Å². The zero-order valence-electron chi connectivity index (χ0n) is 18.3. The van der Waals surface area contributed by atoms with Gasteiger partial charge in [-0.3, -0.25) is 13.9 Å². The zero-order valence-corrected chi connectivity index (χ0v) is 19.8. The van der Waals surface area contributed by atoms with Crippen LogP contribution in [0.1, 0.15) is 44.5 Å². The van der Waals surface area contributed by atoms with Gasteiger partial charge in [0.1, 0.15) is 6.04 Å². The summed E-state index contributed by atoms with van der Waals surface area (Å²) in [5, 5.41) is 6.04. The number of para-hydroxylation sites is 1. The maximum atomic E-state index is 13.2. The van der Waals surface area contributed by atoms with Crippen molar-refractivity contribution in [2.75, 3.05) is 15.9 Å². The summed E-state index contributed by atoms with van der Waals surface area (Å²) in [6.07, 6.45) is 1.26. The van der Waals surface area contributed by atoms with E-state index in [1.165, 1.54) is 0 Å². The molecule has 0 aromatic heterocycles. The number of carbonyl (C=O) groups is 2. The summed E-state index contributed by atoms with van der Waals surface area (Å²) in [6.45, 7) is 7.29. The molecule has 0 aliphatic carbocycles. The van der Waals surface area contributed by atoms with E-state index in [4.69, 9.17) is 11.6 Å². The summed E-state index contributed by atoms with van der Waals surface area (Å²) in [4.78, 5) is 25.8. The maximum Gasteiger partial charge on any atom is 0.253 e. The van der Waals surface area contributed by atoms with Crippen LogP contribution < -0.4 is 14.9 Å². The highest BCUT2D eigenvalue weighted by Crippen LogP contribution is 2.25. The van der Waals surface area contributed by atoms with Gasteiger partial charge in [0, 0.05) is 10.6 Å². The molecule has 0 saturated carbocycles. The first kappa shape index (κ1) is 24.7. The monoisotopic (exact) mass is 465 g/mol. The highest BCUT2D eigenvalue weighted by atomic mass is 35.5. The van der Waals surface area contributed by atoms with Crippen molar-refractivity contribution < 1.29 is 18.0 Å². The lowest BCUT2D eigenvalue weighted by Gasteiger charge is -2.30. The number of nitrogens with one attached hydrogen (secondary N) is 2. The summed E-state index contributed by atoms with van der Waals surface area (Å²) in [6, 6.07) is 11.8. The van der Waals surface area contributed by atoms with Crippen LogP contribution in [0.2, 0.25) is 5.02 Å². The summed E-state index contributed by atoms with van der Waals surface area (Å²) < 4.78 is 26.2. The molecule has 0 unspecified atom stereocenters. The van der Waals surface area contributed by atoms with Crippen molar-refractivity contribution in [2.24, 2.45) is 0 Å². The van der Waals surface area contributed by atoms with E-state index in [0.29, 0.717) is 16.4 Å².